The molecule has 0 fully saturated rings. The van der Waals surface area contributed by atoms with Gasteiger partial charge in [0.05, 0.1) is 14.0 Å². The first-order valence-electron chi connectivity index (χ1n) is 5.59. The molecule has 0 spiro atoms. The van der Waals surface area contributed by atoms with E-state index in [2.05, 4.69) is 55.9 Å². The zero-order valence-electron chi connectivity index (χ0n) is 9.52. The fraction of sp³-hybridized carbons (Fsp3) is 0.154. The molecule has 5 heteroatoms. The maximum absolute atomic E-state index is 4.60. The molecule has 0 amide bonds. The van der Waals surface area contributed by atoms with Crippen LogP contribution in [0.1, 0.15) is 10.6 Å². The van der Waals surface area contributed by atoms with Crippen LogP contribution in [0.25, 0.3) is 10.2 Å². The lowest BCUT2D eigenvalue weighted by molar-refractivity contribution is 0.692. The number of hydrogen-bond donors (Lipinski definition) is 1. The van der Waals surface area contributed by atoms with Gasteiger partial charge in [-0.15, -0.1) is 22.7 Å². The predicted molar refractivity (Wildman–Crippen MR) is 82.2 cm³/mol. The summed E-state index contributed by atoms with van der Waals surface area (Å²) in [5.41, 5.74) is 2.41. The Hall–Kier alpha value is -0.750. The number of para-hydroxylation sites is 1. The number of halogens is 1. The van der Waals surface area contributed by atoms with E-state index >= 15 is 0 Å². The second-order valence-corrected chi connectivity index (χ2v) is 7.34. The molecule has 3 rings (SSSR count). The SMILES string of the molecule is Brc1cc(CNCc2nc3ccccc3s2)cs1. The van der Waals surface area contributed by atoms with Crippen molar-refractivity contribution in [3.63, 3.8) is 0 Å². The second-order valence-electron chi connectivity index (χ2n) is 3.94. The van der Waals surface area contributed by atoms with Gasteiger partial charge in [-0.2, -0.15) is 0 Å². The van der Waals surface area contributed by atoms with Gasteiger partial charge in [0, 0.05) is 13.1 Å². The summed E-state index contributed by atoms with van der Waals surface area (Å²) in [6.45, 7) is 1.71. The second kappa shape index (κ2) is 5.48. The average molecular weight is 339 g/mol. The molecular formula is C13H11BrN2S2. The van der Waals surface area contributed by atoms with Crippen LogP contribution in [-0.4, -0.2) is 4.98 Å². The summed E-state index contributed by atoms with van der Waals surface area (Å²) in [6.07, 6.45) is 0. The molecule has 1 aromatic carbocycles. The van der Waals surface area contributed by atoms with Gasteiger partial charge in [0.1, 0.15) is 5.01 Å². The number of fused-ring (bicyclic) bond motifs is 1. The number of thiazole rings is 1. The minimum absolute atomic E-state index is 0.826. The molecule has 0 atom stereocenters. The van der Waals surface area contributed by atoms with E-state index in [4.69, 9.17) is 0 Å². The Morgan fingerprint density at radius 1 is 1.22 bits per heavy atom. The highest BCUT2D eigenvalue weighted by molar-refractivity contribution is 9.11. The van der Waals surface area contributed by atoms with Gasteiger partial charge in [0.15, 0.2) is 0 Å². The van der Waals surface area contributed by atoms with Crippen LogP contribution in [-0.2, 0) is 13.1 Å². The van der Waals surface area contributed by atoms with Gasteiger partial charge in [-0.1, -0.05) is 12.1 Å². The summed E-state index contributed by atoms with van der Waals surface area (Å²) in [5, 5.41) is 6.73. The van der Waals surface area contributed by atoms with E-state index < -0.39 is 0 Å². The molecule has 0 aliphatic rings. The van der Waals surface area contributed by atoms with Gasteiger partial charge >= 0.3 is 0 Å². The van der Waals surface area contributed by atoms with Gasteiger partial charge < -0.3 is 5.32 Å². The first kappa shape index (κ1) is 12.3. The van der Waals surface area contributed by atoms with E-state index in [0.717, 1.165) is 23.6 Å². The van der Waals surface area contributed by atoms with Crippen LogP contribution in [0.5, 0.6) is 0 Å². The highest BCUT2D eigenvalue weighted by Crippen LogP contribution is 2.22. The molecule has 0 saturated carbocycles. The standard InChI is InChI=1S/C13H11BrN2S2/c14-12-5-9(8-17-12)6-15-7-13-16-10-3-1-2-4-11(10)18-13/h1-5,8,15H,6-7H2. The van der Waals surface area contributed by atoms with Gasteiger partial charge in [-0.25, -0.2) is 4.98 Å². The van der Waals surface area contributed by atoms with Gasteiger partial charge in [0.2, 0.25) is 0 Å². The van der Waals surface area contributed by atoms with Crippen molar-refractivity contribution in [2.24, 2.45) is 0 Å². The molecule has 0 unspecified atom stereocenters. The molecule has 0 aliphatic carbocycles. The largest absolute Gasteiger partial charge is 0.306 e. The van der Waals surface area contributed by atoms with Gasteiger partial charge in [0.25, 0.3) is 0 Å². The lowest BCUT2D eigenvalue weighted by Crippen LogP contribution is -2.11. The smallest absolute Gasteiger partial charge is 0.108 e. The highest BCUT2D eigenvalue weighted by Gasteiger charge is 2.03. The number of rotatable bonds is 4. The third-order valence-electron chi connectivity index (χ3n) is 2.57. The summed E-state index contributed by atoms with van der Waals surface area (Å²) < 4.78 is 2.44. The van der Waals surface area contributed by atoms with Crippen molar-refractivity contribution >= 4 is 48.8 Å². The average Bonchev–Trinajstić information content (AvgIpc) is 2.95. The quantitative estimate of drug-likeness (QED) is 0.762. The van der Waals surface area contributed by atoms with Crippen LogP contribution in [0.2, 0.25) is 0 Å². The van der Waals surface area contributed by atoms with Crippen molar-refractivity contribution in [3.8, 4) is 0 Å². The molecular weight excluding hydrogens is 328 g/mol. The minimum atomic E-state index is 0.826. The molecule has 2 heterocycles. The zero-order valence-corrected chi connectivity index (χ0v) is 12.7. The Morgan fingerprint density at radius 2 is 2.11 bits per heavy atom. The van der Waals surface area contributed by atoms with Crippen LogP contribution < -0.4 is 5.32 Å². The molecule has 0 radical (unpaired) electrons. The van der Waals surface area contributed by atoms with Crippen molar-refractivity contribution in [1.82, 2.24) is 10.3 Å². The lowest BCUT2D eigenvalue weighted by Gasteiger charge is -1.99. The number of thiophene rings is 1. The van der Waals surface area contributed by atoms with E-state index in [9.17, 15) is 0 Å². The first-order valence-corrected chi connectivity index (χ1v) is 8.08. The molecule has 2 nitrogen and oxygen atoms in total. The van der Waals surface area contributed by atoms with Crippen molar-refractivity contribution < 1.29 is 0 Å². The normalized spacial score (nSPS) is 11.2. The summed E-state index contributed by atoms with van der Waals surface area (Å²) in [4.78, 5) is 4.60. The van der Waals surface area contributed by atoms with Crippen LogP contribution in [0.4, 0.5) is 0 Å². The van der Waals surface area contributed by atoms with E-state index in [-0.39, 0.29) is 0 Å². The molecule has 3 aromatic rings. The number of hydrogen-bond acceptors (Lipinski definition) is 4. The maximum Gasteiger partial charge on any atom is 0.108 e. The Morgan fingerprint density at radius 3 is 2.89 bits per heavy atom. The molecule has 92 valence electrons. The van der Waals surface area contributed by atoms with E-state index in [1.54, 1.807) is 22.7 Å². The molecule has 1 N–H and O–H groups in total. The predicted octanol–water partition coefficient (Wildman–Crippen LogP) is 4.41. The molecule has 2 aromatic heterocycles. The van der Waals surface area contributed by atoms with Crippen molar-refractivity contribution in [1.29, 1.82) is 0 Å². The number of benzene rings is 1. The monoisotopic (exact) mass is 338 g/mol. The van der Waals surface area contributed by atoms with Crippen molar-refractivity contribution in [2.75, 3.05) is 0 Å². The molecule has 0 bridgehead atoms. The summed E-state index contributed by atoms with van der Waals surface area (Å²) in [5.74, 6) is 0. The Labute approximate surface area is 122 Å². The molecule has 0 aliphatic heterocycles. The number of nitrogens with zero attached hydrogens (tertiary/aromatic N) is 1. The maximum atomic E-state index is 4.60. The van der Waals surface area contributed by atoms with Crippen molar-refractivity contribution in [2.45, 2.75) is 13.1 Å². The van der Waals surface area contributed by atoms with E-state index in [1.807, 2.05) is 6.07 Å². The van der Waals surface area contributed by atoms with Crippen LogP contribution in [0.15, 0.2) is 39.5 Å². The minimum Gasteiger partial charge on any atom is -0.306 e. The van der Waals surface area contributed by atoms with Crippen molar-refractivity contribution in [3.05, 3.63) is 50.1 Å². The third kappa shape index (κ3) is 2.80. The highest BCUT2D eigenvalue weighted by atomic mass is 79.9. The van der Waals surface area contributed by atoms with Crippen LogP contribution in [0.3, 0.4) is 0 Å². The molecule has 0 saturated heterocycles. The molecule has 18 heavy (non-hydrogen) atoms. The summed E-state index contributed by atoms with van der Waals surface area (Å²) in [6, 6.07) is 10.4. The van der Waals surface area contributed by atoms with Crippen LogP contribution in [0, 0.1) is 0 Å². The van der Waals surface area contributed by atoms with Gasteiger partial charge in [-0.05, 0) is 45.1 Å². The summed E-state index contributed by atoms with van der Waals surface area (Å²) >= 11 is 6.95. The summed E-state index contributed by atoms with van der Waals surface area (Å²) in [7, 11) is 0. The Bertz CT molecular complexity index is 627. The third-order valence-corrected chi connectivity index (χ3v) is 5.15. The topological polar surface area (TPSA) is 24.9 Å². The van der Waals surface area contributed by atoms with Gasteiger partial charge in [-0.3, -0.25) is 0 Å². The Balaban J connectivity index is 1.62. The Kier molecular flexibility index (Phi) is 3.75. The first-order chi connectivity index (χ1) is 8.81. The fourth-order valence-electron chi connectivity index (χ4n) is 1.75. The van der Waals surface area contributed by atoms with E-state index in [1.165, 1.54) is 14.0 Å². The number of aromatic nitrogens is 1. The zero-order chi connectivity index (χ0) is 12.4. The van der Waals surface area contributed by atoms with E-state index in [0.29, 0.717) is 0 Å². The lowest BCUT2D eigenvalue weighted by atomic mass is 10.3. The van der Waals surface area contributed by atoms with Crippen LogP contribution >= 0.6 is 38.6 Å². The fourth-order valence-corrected chi connectivity index (χ4v) is 3.89. The number of nitrogens with one attached hydrogen (secondary N) is 1.